The SMILES string of the molecule is CC(C)n1nccc1NC(=O)[C@@H](C)N1CCC(c2nc3ccccc3s2)CC1. The molecule has 148 valence electrons. The molecule has 1 atom stereocenters. The van der Waals surface area contributed by atoms with Gasteiger partial charge in [0, 0.05) is 18.0 Å². The number of benzene rings is 1. The summed E-state index contributed by atoms with van der Waals surface area (Å²) in [6.45, 7) is 7.93. The Kier molecular flexibility index (Phi) is 5.46. The molecule has 1 amide bonds. The molecule has 0 saturated carbocycles. The van der Waals surface area contributed by atoms with Crippen LogP contribution in [0.15, 0.2) is 36.5 Å². The number of carbonyl (C=O) groups excluding carboxylic acids is 1. The number of para-hydroxylation sites is 1. The van der Waals surface area contributed by atoms with Crippen molar-refractivity contribution in [3.63, 3.8) is 0 Å². The molecule has 0 bridgehead atoms. The Bertz CT molecular complexity index is 922. The van der Waals surface area contributed by atoms with Crippen molar-refractivity contribution >= 4 is 33.3 Å². The molecule has 6 nitrogen and oxygen atoms in total. The predicted molar refractivity (Wildman–Crippen MR) is 114 cm³/mol. The molecule has 7 heteroatoms. The lowest BCUT2D eigenvalue weighted by Crippen LogP contribution is -2.46. The summed E-state index contributed by atoms with van der Waals surface area (Å²) in [6, 6.07) is 10.2. The molecule has 1 N–H and O–H groups in total. The summed E-state index contributed by atoms with van der Waals surface area (Å²) in [5.74, 6) is 1.28. The van der Waals surface area contributed by atoms with Crippen LogP contribution < -0.4 is 5.32 Å². The van der Waals surface area contributed by atoms with E-state index in [1.807, 2.05) is 35.1 Å². The number of hydrogen-bond donors (Lipinski definition) is 1. The van der Waals surface area contributed by atoms with Gasteiger partial charge in [0.25, 0.3) is 0 Å². The molecule has 0 unspecified atom stereocenters. The smallest absolute Gasteiger partial charge is 0.242 e. The number of rotatable bonds is 5. The van der Waals surface area contributed by atoms with Gasteiger partial charge in [-0.3, -0.25) is 9.69 Å². The summed E-state index contributed by atoms with van der Waals surface area (Å²) in [4.78, 5) is 19.9. The van der Waals surface area contributed by atoms with Crippen molar-refractivity contribution in [2.24, 2.45) is 0 Å². The number of thiazole rings is 1. The number of anilines is 1. The van der Waals surface area contributed by atoms with Crippen LogP contribution in [-0.4, -0.2) is 44.7 Å². The van der Waals surface area contributed by atoms with Gasteiger partial charge >= 0.3 is 0 Å². The number of carbonyl (C=O) groups is 1. The van der Waals surface area contributed by atoms with Gasteiger partial charge in [-0.1, -0.05) is 12.1 Å². The standard InChI is InChI=1S/C21H27N5OS/c1-14(2)26-19(8-11-22-26)24-20(27)15(3)25-12-9-16(10-13-25)21-23-17-6-4-5-7-18(17)28-21/h4-8,11,14-16H,9-10,12-13H2,1-3H3,(H,24,27)/t15-/m1/s1. The number of likely N-dealkylation sites (tertiary alicyclic amines) is 1. The Morgan fingerprint density at radius 3 is 2.64 bits per heavy atom. The third kappa shape index (κ3) is 3.82. The van der Waals surface area contributed by atoms with Gasteiger partial charge in [-0.15, -0.1) is 11.3 Å². The summed E-state index contributed by atoms with van der Waals surface area (Å²) in [7, 11) is 0. The van der Waals surface area contributed by atoms with Crippen LogP contribution in [0.3, 0.4) is 0 Å². The van der Waals surface area contributed by atoms with Crippen molar-refractivity contribution in [2.45, 2.75) is 51.6 Å². The van der Waals surface area contributed by atoms with Gasteiger partial charge in [-0.25, -0.2) is 9.67 Å². The van der Waals surface area contributed by atoms with Crippen LogP contribution in [0.2, 0.25) is 0 Å². The molecule has 1 fully saturated rings. The van der Waals surface area contributed by atoms with Gasteiger partial charge in [-0.2, -0.15) is 5.10 Å². The summed E-state index contributed by atoms with van der Waals surface area (Å²) in [5, 5.41) is 8.56. The van der Waals surface area contributed by atoms with E-state index in [0.717, 1.165) is 37.3 Å². The maximum Gasteiger partial charge on any atom is 0.242 e. The molecule has 2 aromatic heterocycles. The number of amides is 1. The maximum absolute atomic E-state index is 12.7. The van der Waals surface area contributed by atoms with Gasteiger partial charge in [0.2, 0.25) is 5.91 Å². The van der Waals surface area contributed by atoms with Gasteiger partial charge in [0.05, 0.1) is 27.5 Å². The Morgan fingerprint density at radius 1 is 1.18 bits per heavy atom. The first kappa shape index (κ1) is 19.1. The highest BCUT2D eigenvalue weighted by molar-refractivity contribution is 7.18. The molecule has 3 aromatic rings. The van der Waals surface area contributed by atoms with Gasteiger partial charge in [0.15, 0.2) is 0 Å². The third-order valence-electron chi connectivity index (χ3n) is 5.53. The van der Waals surface area contributed by atoms with Gasteiger partial charge in [0.1, 0.15) is 5.82 Å². The van der Waals surface area contributed by atoms with Crippen LogP contribution in [0.1, 0.15) is 50.6 Å². The van der Waals surface area contributed by atoms with Crippen LogP contribution >= 0.6 is 11.3 Å². The van der Waals surface area contributed by atoms with E-state index in [1.54, 1.807) is 6.20 Å². The molecule has 28 heavy (non-hydrogen) atoms. The van der Waals surface area contributed by atoms with Crippen LogP contribution in [0.5, 0.6) is 0 Å². The Balaban J connectivity index is 1.36. The summed E-state index contributed by atoms with van der Waals surface area (Å²) in [5.41, 5.74) is 1.10. The summed E-state index contributed by atoms with van der Waals surface area (Å²) in [6.07, 6.45) is 3.81. The largest absolute Gasteiger partial charge is 0.310 e. The zero-order valence-corrected chi connectivity index (χ0v) is 17.4. The second kappa shape index (κ2) is 8.01. The number of nitrogens with one attached hydrogen (secondary N) is 1. The lowest BCUT2D eigenvalue weighted by atomic mass is 9.96. The fourth-order valence-corrected chi connectivity index (χ4v) is 4.96. The molecule has 0 radical (unpaired) electrons. The Labute approximate surface area is 169 Å². The second-order valence-corrected chi connectivity index (χ2v) is 8.81. The maximum atomic E-state index is 12.7. The molecule has 3 heterocycles. The van der Waals surface area contributed by atoms with Crippen molar-refractivity contribution in [1.82, 2.24) is 19.7 Å². The molecule has 1 saturated heterocycles. The monoisotopic (exact) mass is 397 g/mol. The number of fused-ring (bicyclic) bond motifs is 1. The summed E-state index contributed by atoms with van der Waals surface area (Å²) < 4.78 is 3.10. The first-order valence-corrected chi connectivity index (χ1v) is 10.8. The van der Waals surface area contributed by atoms with Crippen LogP contribution in [0.4, 0.5) is 5.82 Å². The lowest BCUT2D eigenvalue weighted by Gasteiger charge is -2.34. The average Bonchev–Trinajstić information content (AvgIpc) is 3.34. The highest BCUT2D eigenvalue weighted by atomic mass is 32.1. The van der Waals surface area contributed by atoms with Crippen LogP contribution in [0, 0.1) is 0 Å². The van der Waals surface area contributed by atoms with Crippen molar-refractivity contribution in [3.8, 4) is 0 Å². The third-order valence-corrected chi connectivity index (χ3v) is 6.73. The minimum Gasteiger partial charge on any atom is -0.310 e. The molecule has 4 rings (SSSR count). The fourth-order valence-electron chi connectivity index (χ4n) is 3.82. The number of aromatic nitrogens is 3. The van der Waals surface area contributed by atoms with E-state index >= 15 is 0 Å². The van der Waals surface area contributed by atoms with E-state index in [9.17, 15) is 4.79 Å². The van der Waals surface area contributed by atoms with E-state index in [2.05, 4.69) is 47.4 Å². The highest BCUT2D eigenvalue weighted by Gasteiger charge is 2.29. The topological polar surface area (TPSA) is 63.1 Å². The minimum atomic E-state index is -0.160. The van der Waals surface area contributed by atoms with Gasteiger partial charge in [-0.05, 0) is 58.8 Å². The van der Waals surface area contributed by atoms with E-state index in [-0.39, 0.29) is 18.0 Å². The van der Waals surface area contributed by atoms with E-state index in [0.29, 0.717) is 5.92 Å². The normalized spacial score (nSPS) is 17.3. The second-order valence-electron chi connectivity index (χ2n) is 7.75. The summed E-state index contributed by atoms with van der Waals surface area (Å²) >= 11 is 1.81. The lowest BCUT2D eigenvalue weighted by molar-refractivity contribution is -0.121. The zero-order chi connectivity index (χ0) is 19.7. The molecular formula is C21H27N5OS. The first-order valence-electron chi connectivity index (χ1n) is 9.97. The van der Waals surface area contributed by atoms with Crippen LogP contribution in [-0.2, 0) is 4.79 Å². The first-order chi connectivity index (χ1) is 13.5. The molecule has 0 spiro atoms. The Morgan fingerprint density at radius 2 is 1.93 bits per heavy atom. The van der Waals surface area contributed by atoms with Crippen molar-refractivity contribution in [1.29, 1.82) is 0 Å². The zero-order valence-electron chi connectivity index (χ0n) is 16.6. The van der Waals surface area contributed by atoms with Crippen molar-refractivity contribution in [2.75, 3.05) is 18.4 Å². The minimum absolute atomic E-state index is 0.0286. The number of hydrogen-bond acceptors (Lipinski definition) is 5. The highest BCUT2D eigenvalue weighted by Crippen LogP contribution is 2.34. The molecule has 1 aliphatic heterocycles. The Hall–Kier alpha value is -2.25. The average molecular weight is 398 g/mol. The molecule has 1 aromatic carbocycles. The quantitative estimate of drug-likeness (QED) is 0.698. The van der Waals surface area contributed by atoms with Gasteiger partial charge < -0.3 is 5.32 Å². The fraction of sp³-hybridized carbons (Fsp3) is 0.476. The van der Waals surface area contributed by atoms with E-state index < -0.39 is 0 Å². The van der Waals surface area contributed by atoms with Crippen LogP contribution in [0.25, 0.3) is 10.2 Å². The predicted octanol–water partition coefficient (Wildman–Crippen LogP) is 4.28. The molecule has 1 aliphatic rings. The number of piperidine rings is 1. The van der Waals surface area contributed by atoms with Crippen molar-refractivity contribution in [3.05, 3.63) is 41.5 Å². The molecular weight excluding hydrogens is 370 g/mol. The molecule has 0 aliphatic carbocycles. The number of nitrogens with zero attached hydrogens (tertiary/aromatic N) is 4. The van der Waals surface area contributed by atoms with E-state index in [1.165, 1.54) is 9.71 Å². The van der Waals surface area contributed by atoms with E-state index in [4.69, 9.17) is 4.98 Å². The van der Waals surface area contributed by atoms with Crippen molar-refractivity contribution < 1.29 is 4.79 Å².